The van der Waals surface area contributed by atoms with Crippen molar-refractivity contribution in [2.24, 2.45) is 0 Å². The van der Waals surface area contributed by atoms with E-state index < -0.39 is 23.9 Å². The van der Waals surface area contributed by atoms with Gasteiger partial charge in [0.05, 0.1) is 35.5 Å². The molecule has 0 N–H and O–H groups in total. The third-order valence-electron chi connectivity index (χ3n) is 13.9. The van der Waals surface area contributed by atoms with Gasteiger partial charge in [-0.3, -0.25) is 0 Å². The smallest absolute Gasteiger partial charge is 0.343 e. The fourth-order valence-electron chi connectivity index (χ4n) is 9.22. The minimum absolute atomic E-state index is 0.261. The molecule has 0 amide bonds. The molecule has 10 nitrogen and oxygen atoms in total. The highest BCUT2D eigenvalue weighted by atomic mass is 16.5. The summed E-state index contributed by atoms with van der Waals surface area (Å²) < 4.78 is 34.5. The number of fused-ring (bicyclic) bond motifs is 1. The summed E-state index contributed by atoms with van der Waals surface area (Å²) in [6.07, 6.45) is 31.0. The van der Waals surface area contributed by atoms with Crippen LogP contribution in [0.2, 0.25) is 0 Å². The van der Waals surface area contributed by atoms with Gasteiger partial charge in [0.25, 0.3) is 0 Å². The second-order valence-corrected chi connectivity index (χ2v) is 20.2. The maximum atomic E-state index is 13.3. The van der Waals surface area contributed by atoms with E-state index in [1.807, 2.05) is 13.0 Å². The van der Waals surface area contributed by atoms with Crippen molar-refractivity contribution in [3.63, 3.8) is 0 Å². The molecule has 0 aromatic heterocycles. The molecule has 0 aliphatic heterocycles. The monoisotopic (exact) mass is 1050 g/mol. The SMILES string of the molecule is CCCCCCCCCCCCCCOc1ccc(C(=O)Oc2ccc(OC(=O)c3ccc4ccc(OC(=O)c5ccc(OC(=O)c6ccc(OCCCCCCCCCCCCCC)cc6)cc5)c(C)c4c3)cc2)cc1. The van der Waals surface area contributed by atoms with E-state index in [9.17, 15) is 19.2 Å². The molecule has 0 radical (unpaired) electrons. The van der Waals surface area contributed by atoms with Crippen molar-refractivity contribution in [3.05, 3.63) is 155 Å². The van der Waals surface area contributed by atoms with Crippen LogP contribution in [-0.4, -0.2) is 37.1 Å². The highest BCUT2D eigenvalue weighted by Gasteiger charge is 2.17. The van der Waals surface area contributed by atoms with E-state index in [1.165, 1.54) is 141 Å². The molecule has 0 spiro atoms. The third-order valence-corrected chi connectivity index (χ3v) is 13.9. The number of ether oxygens (including phenoxy) is 6. The summed E-state index contributed by atoms with van der Waals surface area (Å²) in [6.45, 7) is 7.61. The van der Waals surface area contributed by atoms with Crippen LogP contribution in [0.25, 0.3) is 10.8 Å². The van der Waals surface area contributed by atoms with Gasteiger partial charge in [-0.2, -0.15) is 0 Å². The highest BCUT2D eigenvalue weighted by molar-refractivity contribution is 5.99. The fraction of sp³-hybridized carbons (Fsp3) is 0.433. The molecule has 77 heavy (non-hydrogen) atoms. The molecule has 0 bridgehead atoms. The fourth-order valence-corrected chi connectivity index (χ4v) is 9.22. The number of benzene rings is 6. The van der Waals surface area contributed by atoms with Gasteiger partial charge in [0.15, 0.2) is 0 Å². The largest absolute Gasteiger partial charge is 0.494 e. The zero-order valence-electron chi connectivity index (χ0n) is 46.1. The van der Waals surface area contributed by atoms with Crippen molar-refractivity contribution in [3.8, 4) is 34.5 Å². The summed E-state index contributed by atoms with van der Waals surface area (Å²) in [5.41, 5.74) is 1.98. The molecule has 6 aromatic rings. The van der Waals surface area contributed by atoms with Crippen LogP contribution in [0, 0.1) is 6.92 Å². The lowest BCUT2D eigenvalue weighted by molar-refractivity contribution is 0.0719. The van der Waals surface area contributed by atoms with E-state index >= 15 is 0 Å². The minimum atomic E-state index is -0.600. The van der Waals surface area contributed by atoms with Crippen LogP contribution in [0.15, 0.2) is 127 Å². The van der Waals surface area contributed by atoms with E-state index in [-0.39, 0.29) is 17.1 Å². The van der Waals surface area contributed by atoms with Crippen LogP contribution in [0.4, 0.5) is 0 Å². The van der Waals surface area contributed by atoms with Crippen molar-refractivity contribution in [1.29, 1.82) is 0 Å². The molecule has 10 heteroatoms. The summed E-state index contributed by atoms with van der Waals surface area (Å²) in [7, 11) is 0. The van der Waals surface area contributed by atoms with Crippen molar-refractivity contribution in [1.82, 2.24) is 0 Å². The Labute approximate surface area is 458 Å². The Kier molecular flexibility index (Phi) is 26.2. The Morgan fingerprint density at radius 3 is 0.974 bits per heavy atom. The summed E-state index contributed by atoms with van der Waals surface area (Å²) in [5.74, 6) is 0.360. The normalized spacial score (nSPS) is 11.1. The first-order chi connectivity index (χ1) is 37.7. The van der Waals surface area contributed by atoms with Gasteiger partial charge in [-0.15, -0.1) is 0 Å². The summed E-state index contributed by atoms with van der Waals surface area (Å²) >= 11 is 0. The molecule has 6 aromatic carbocycles. The molecule has 0 aliphatic carbocycles. The Morgan fingerprint density at radius 1 is 0.312 bits per heavy atom. The first-order valence-electron chi connectivity index (χ1n) is 28.8. The second-order valence-electron chi connectivity index (χ2n) is 20.2. The summed E-state index contributed by atoms with van der Waals surface area (Å²) in [4.78, 5) is 52.5. The average Bonchev–Trinajstić information content (AvgIpc) is 3.45. The molecule has 0 heterocycles. The van der Waals surface area contributed by atoms with Crippen LogP contribution >= 0.6 is 0 Å². The Bertz CT molecular complexity index is 2690. The van der Waals surface area contributed by atoms with E-state index in [0.717, 1.165) is 31.1 Å². The lowest BCUT2D eigenvalue weighted by atomic mass is 10.0. The van der Waals surface area contributed by atoms with Crippen LogP contribution in [-0.2, 0) is 0 Å². The van der Waals surface area contributed by atoms with E-state index in [0.29, 0.717) is 63.9 Å². The van der Waals surface area contributed by atoms with Gasteiger partial charge in [0.1, 0.15) is 34.5 Å². The standard InChI is InChI=1S/C67H82O10/c1-4-6-8-10-12-14-16-18-20-22-24-26-48-72-57-37-30-53(31-38-57)64(68)74-59-41-34-55(35-42-59)66(70)77-63-47-36-52-28-29-56(50-62(52)51(63)3)67(71)76-61-45-43-60(44-46-61)75-65(69)54-32-39-58(40-33-54)73-49-27-25-23-21-19-17-15-13-11-9-7-5-2/h28-47,50H,4-27,48-49H2,1-3H3. The minimum Gasteiger partial charge on any atom is -0.494 e. The van der Waals surface area contributed by atoms with Crippen molar-refractivity contribution >= 4 is 34.6 Å². The molecule has 0 fully saturated rings. The predicted octanol–water partition coefficient (Wildman–Crippen LogP) is 18.2. The Morgan fingerprint density at radius 2 is 0.597 bits per heavy atom. The third kappa shape index (κ3) is 21.2. The molecule has 0 saturated heterocycles. The molecule has 6 rings (SSSR count). The van der Waals surface area contributed by atoms with Gasteiger partial charge in [-0.25, -0.2) is 19.2 Å². The van der Waals surface area contributed by atoms with E-state index in [1.54, 1.807) is 109 Å². The van der Waals surface area contributed by atoms with Crippen molar-refractivity contribution < 1.29 is 47.6 Å². The topological polar surface area (TPSA) is 124 Å². The van der Waals surface area contributed by atoms with Crippen LogP contribution in [0.1, 0.15) is 215 Å². The molecule has 410 valence electrons. The zero-order valence-corrected chi connectivity index (χ0v) is 46.1. The quantitative estimate of drug-likeness (QED) is 0.0213. The van der Waals surface area contributed by atoms with E-state index in [4.69, 9.17) is 28.4 Å². The Balaban J connectivity index is 0.881. The number of aryl methyl sites for hydroxylation is 1. The van der Waals surface area contributed by atoms with Gasteiger partial charge in [0, 0.05) is 0 Å². The summed E-state index contributed by atoms with van der Waals surface area (Å²) in [6, 6.07) is 34.9. The highest BCUT2D eigenvalue weighted by Crippen LogP contribution is 2.30. The van der Waals surface area contributed by atoms with Crippen molar-refractivity contribution in [2.45, 2.75) is 175 Å². The average molecular weight is 1050 g/mol. The van der Waals surface area contributed by atoms with Crippen LogP contribution < -0.4 is 28.4 Å². The first kappa shape index (κ1) is 59.3. The van der Waals surface area contributed by atoms with Crippen LogP contribution in [0.3, 0.4) is 0 Å². The zero-order chi connectivity index (χ0) is 54.3. The van der Waals surface area contributed by atoms with Gasteiger partial charge in [-0.05, 0) is 151 Å². The molecule has 0 aliphatic rings. The van der Waals surface area contributed by atoms with Crippen molar-refractivity contribution in [2.75, 3.05) is 13.2 Å². The van der Waals surface area contributed by atoms with Gasteiger partial charge in [0.2, 0.25) is 0 Å². The first-order valence-corrected chi connectivity index (χ1v) is 28.8. The van der Waals surface area contributed by atoms with Crippen LogP contribution in [0.5, 0.6) is 34.5 Å². The number of rotatable bonds is 36. The molecule has 0 saturated carbocycles. The van der Waals surface area contributed by atoms with Gasteiger partial charge < -0.3 is 28.4 Å². The maximum absolute atomic E-state index is 13.3. The van der Waals surface area contributed by atoms with Gasteiger partial charge >= 0.3 is 23.9 Å². The lowest BCUT2D eigenvalue weighted by Gasteiger charge is -2.12. The molecular formula is C67H82O10. The lowest BCUT2D eigenvalue weighted by Crippen LogP contribution is -2.11. The number of esters is 4. The number of unbranched alkanes of at least 4 members (excludes halogenated alkanes) is 22. The number of carbonyl (C=O) groups is 4. The van der Waals surface area contributed by atoms with E-state index in [2.05, 4.69) is 13.8 Å². The number of hydrogen-bond donors (Lipinski definition) is 0. The predicted molar refractivity (Wildman–Crippen MR) is 307 cm³/mol. The molecule has 0 unspecified atom stereocenters. The molecule has 0 atom stereocenters. The number of carbonyl (C=O) groups excluding carboxylic acids is 4. The summed E-state index contributed by atoms with van der Waals surface area (Å²) in [5, 5.41) is 1.54. The Hall–Kier alpha value is -6.94. The molecular weight excluding hydrogens is 965 g/mol. The second kappa shape index (κ2) is 34.0. The van der Waals surface area contributed by atoms with Gasteiger partial charge in [-0.1, -0.05) is 167 Å². The maximum Gasteiger partial charge on any atom is 0.343 e. The number of hydrogen-bond acceptors (Lipinski definition) is 10.